The summed E-state index contributed by atoms with van der Waals surface area (Å²) in [5, 5.41) is 0. The molecule has 24 heavy (non-hydrogen) atoms. The summed E-state index contributed by atoms with van der Waals surface area (Å²) in [6.45, 7) is 6.22. The minimum absolute atomic E-state index is 0.357. The van der Waals surface area contributed by atoms with Gasteiger partial charge in [0.15, 0.2) is 0 Å². The summed E-state index contributed by atoms with van der Waals surface area (Å²) in [5.74, 6) is -0.416. The summed E-state index contributed by atoms with van der Waals surface area (Å²) < 4.78 is 28.1. The molecule has 0 spiro atoms. The number of hydrogen-bond acceptors (Lipinski definition) is 4. The fourth-order valence-electron chi connectivity index (χ4n) is 3.10. The molecule has 2 rings (SSSR count). The fraction of sp³-hybridized carbons (Fsp3) is 0.562. The van der Waals surface area contributed by atoms with E-state index in [0.717, 1.165) is 5.56 Å². The predicted octanol–water partition coefficient (Wildman–Crippen LogP) is 0.417. The van der Waals surface area contributed by atoms with Gasteiger partial charge in [0.2, 0.25) is 5.91 Å². The number of primary amides is 1. The highest BCUT2D eigenvalue weighted by atomic mass is 32.2. The molecule has 134 valence electrons. The lowest BCUT2D eigenvalue weighted by Crippen LogP contribution is -2.54. The maximum atomic E-state index is 12.6. The second kappa shape index (κ2) is 8.06. The third-order valence-corrected chi connectivity index (χ3v) is 6.57. The van der Waals surface area contributed by atoms with E-state index in [2.05, 4.69) is 0 Å². The van der Waals surface area contributed by atoms with Crippen molar-refractivity contribution < 1.29 is 13.2 Å². The number of rotatable bonds is 7. The van der Waals surface area contributed by atoms with Gasteiger partial charge < -0.3 is 5.73 Å². The van der Waals surface area contributed by atoms with Crippen LogP contribution in [0.3, 0.4) is 0 Å². The quantitative estimate of drug-likeness (QED) is 0.769. The maximum absolute atomic E-state index is 12.6. The number of hydrogen-bond donors (Lipinski definition) is 1. The number of carbonyl (C=O) groups excluding carboxylic acids is 1. The first-order valence-corrected chi connectivity index (χ1v) is 9.65. The summed E-state index contributed by atoms with van der Waals surface area (Å²) >= 11 is 0. The van der Waals surface area contributed by atoms with Crippen LogP contribution in [0.15, 0.2) is 30.3 Å². The molecule has 0 radical (unpaired) electrons. The van der Waals surface area contributed by atoms with Crippen LogP contribution >= 0.6 is 0 Å². The summed E-state index contributed by atoms with van der Waals surface area (Å²) in [6.07, 6.45) is 0. The lowest BCUT2D eigenvalue weighted by Gasteiger charge is -2.39. The number of nitrogens with two attached hydrogens (primary N) is 1. The van der Waals surface area contributed by atoms with Gasteiger partial charge in [-0.3, -0.25) is 9.69 Å². The Morgan fingerprint density at radius 3 is 2.12 bits per heavy atom. The lowest BCUT2D eigenvalue weighted by molar-refractivity contribution is -0.124. The van der Waals surface area contributed by atoms with Crippen molar-refractivity contribution in [2.45, 2.75) is 19.9 Å². The lowest BCUT2D eigenvalue weighted by atomic mass is 10.0. The average molecular weight is 354 g/mol. The van der Waals surface area contributed by atoms with Gasteiger partial charge in [0.1, 0.15) is 6.04 Å². The number of nitrogens with zero attached hydrogens (tertiary/aromatic N) is 3. The van der Waals surface area contributed by atoms with E-state index >= 15 is 0 Å². The van der Waals surface area contributed by atoms with Crippen molar-refractivity contribution in [2.24, 2.45) is 5.73 Å². The average Bonchev–Trinajstić information content (AvgIpc) is 2.57. The molecule has 1 fully saturated rings. The van der Waals surface area contributed by atoms with Gasteiger partial charge >= 0.3 is 0 Å². The van der Waals surface area contributed by atoms with Crippen LogP contribution in [0.1, 0.15) is 25.5 Å². The molecule has 1 saturated heterocycles. The Morgan fingerprint density at radius 1 is 1.12 bits per heavy atom. The van der Waals surface area contributed by atoms with Crippen molar-refractivity contribution in [2.75, 3.05) is 39.3 Å². The van der Waals surface area contributed by atoms with Crippen LogP contribution in [-0.2, 0) is 15.0 Å². The van der Waals surface area contributed by atoms with E-state index in [1.165, 1.54) is 8.61 Å². The van der Waals surface area contributed by atoms with E-state index in [1.54, 1.807) is 0 Å². The Kier molecular flexibility index (Phi) is 6.34. The Labute approximate surface area is 144 Å². The van der Waals surface area contributed by atoms with Crippen molar-refractivity contribution >= 4 is 16.1 Å². The molecular weight excluding hydrogens is 328 g/mol. The standard InChI is InChI=1S/C16H26N4O3S/c1-3-19(4-2)24(22,23)20-12-10-18(11-13-20)15(16(17)21)14-8-6-5-7-9-14/h5-9,15H,3-4,10-13H2,1-2H3,(H2,17,21)/t15-/m0/s1. The second-order valence-corrected chi connectivity index (χ2v) is 7.67. The molecule has 0 saturated carbocycles. The third kappa shape index (κ3) is 3.94. The number of amides is 1. The molecule has 0 aromatic heterocycles. The molecule has 1 heterocycles. The second-order valence-electron chi connectivity index (χ2n) is 5.74. The van der Waals surface area contributed by atoms with Crippen molar-refractivity contribution in [1.82, 2.24) is 13.5 Å². The Bertz CT molecular complexity index is 639. The first kappa shape index (κ1) is 18.9. The van der Waals surface area contributed by atoms with E-state index in [1.807, 2.05) is 49.1 Å². The summed E-state index contributed by atoms with van der Waals surface area (Å²) in [4.78, 5) is 13.9. The molecule has 1 aromatic carbocycles. The molecule has 1 aromatic rings. The summed E-state index contributed by atoms with van der Waals surface area (Å²) in [5.41, 5.74) is 6.43. The summed E-state index contributed by atoms with van der Waals surface area (Å²) in [7, 11) is -3.43. The SMILES string of the molecule is CCN(CC)S(=O)(=O)N1CCN([C@H](C(N)=O)c2ccccc2)CC1. The Hall–Kier alpha value is -1.48. The van der Waals surface area contributed by atoms with Gasteiger partial charge in [-0.05, 0) is 5.56 Å². The molecular formula is C16H26N4O3S. The molecule has 0 bridgehead atoms. The molecule has 1 aliphatic rings. The highest BCUT2D eigenvalue weighted by molar-refractivity contribution is 7.86. The molecule has 7 nitrogen and oxygen atoms in total. The van der Waals surface area contributed by atoms with Gasteiger partial charge in [0, 0.05) is 39.3 Å². The molecule has 0 aliphatic carbocycles. The van der Waals surface area contributed by atoms with Crippen LogP contribution in [0, 0.1) is 0 Å². The van der Waals surface area contributed by atoms with Crippen LogP contribution < -0.4 is 5.73 Å². The zero-order valence-corrected chi connectivity index (χ0v) is 15.1. The minimum Gasteiger partial charge on any atom is -0.368 e. The van der Waals surface area contributed by atoms with Gasteiger partial charge in [-0.25, -0.2) is 0 Å². The normalized spacial score (nSPS) is 18.6. The fourth-order valence-corrected chi connectivity index (χ4v) is 4.70. The van der Waals surface area contributed by atoms with Crippen molar-refractivity contribution in [1.29, 1.82) is 0 Å². The molecule has 2 N–H and O–H groups in total. The van der Waals surface area contributed by atoms with Crippen LogP contribution in [0.2, 0.25) is 0 Å². The monoisotopic (exact) mass is 354 g/mol. The van der Waals surface area contributed by atoms with Crippen LogP contribution in [0.5, 0.6) is 0 Å². The van der Waals surface area contributed by atoms with Crippen molar-refractivity contribution in [3.63, 3.8) is 0 Å². The number of piperazine rings is 1. The summed E-state index contributed by atoms with van der Waals surface area (Å²) in [6, 6.07) is 8.84. The topological polar surface area (TPSA) is 87.0 Å². The van der Waals surface area contributed by atoms with E-state index in [-0.39, 0.29) is 0 Å². The van der Waals surface area contributed by atoms with Crippen molar-refractivity contribution in [3.8, 4) is 0 Å². The van der Waals surface area contributed by atoms with Crippen LogP contribution in [0.25, 0.3) is 0 Å². The van der Waals surface area contributed by atoms with E-state index in [9.17, 15) is 13.2 Å². The molecule has 1 atom stereocenters. The molecule has 1 amide bonds. The maximum Gasteiger partial charge on any atom is 0.282 e. The van der Waals surface area contributed by atoms with Gasteiger partial charge in [-0.2, -0.15) is 17.0 Å². The zero-order chi connectivity index (χ0) is 17.7. The van der Waals surface area contributed by atoms with E-state index < -0.39 is 22.2 Å². The molecule has 8 heteroatoms. The number of carbonyl (C=O) groups is 1. The molecule has 0 unspecified atom stereocenters. The molecule has 1 aliphatic heterocycles. The highest BCUT2D eigenvalue weighted by Crippen LogP contribution is 2.23. The van der Waals surface area contributed by atoms with Crippen molar-refractivity contribution in [3.05, 3.63) is 35.9 Å². The first-order chi connectivity index (χ1) is 11.4. The van der Waals surface area contributed by atoms with Crippen LogP contribution in [-0.4, -0.2) is 67.1 Å². The Balaban J connectivity index is 2.10. The van der Waals surface area contributed by atoms with Crippen LogP contribution in [0.4, 0.5) is 0 Å². The minimum atomic E-state index is -3.43. The number of benzene rings is 1. The zero-order valence-electron chi connectivity index (χ0n) is 14.3. The Morgan fingerprint density at radius 2 is 1.67 bits per heavy atom. The highest BCUT2D eigenvalue weighted by Gasteiger charge is 2.34. The van der Waals surface area contributed by atoms with Gasteiger partial charge in [0.25, 0.3) is 10.2 Å². The first-order valence-electron chi connectivity index (χ1n) is 8.25. The largest absolute Gasteiger partial charge is 0.368 e. The van der Waals surface area contributed by atoms with Gasteiger partial charge in [0.05, 0.1) is 0 Å². The van der Waals surface area contributed by atoms with E-state index in [4.69, 9.17) is 5.73 Å². The third-order valence-electron chi connectivity index (χ3n) is 4.38. The van der Waals surface area contributed by atoms with Gasteiger partial charge in [-0.15, -0.1) is 0 Å². The van der Waals surface area contributed by atoms with Gasteiger partial charge in [-0.1, -0.05) is 44.2 Å². The smallest absolute Gasteiger partial charge is 0.282 e. The van der Waals surface area contributed by atoms with E-state index in [0.29, 0.717) is 39.3 Å². The predicted molar refractivity (Wildman–Crippen MR) is 93.4 cm³/mol.